The smallest absolute Gasteiger partial charge is 0.137 e. The Morgan fingerprint density at radius 2 is 1.35 bits per heavy atom. The number of ether oxygens (including phenoxy) is 1. The van der Waals surface area contributed by atoms with Gasteiger partial charge in [0.15, 0.2) is 0 Å². The molecule has 0 bridgehead atoms. The highest BCUT2D eigenvalue weighted by Crippen LogP contribution is 2.49. The number of fused-ring (bicyclic) bond motifs is 8. The first-order chi connectivity index (χ1) is 27.4. The predicted molar refractivity (Wildman–Crippen MR) is 242 cm³/mol. The lowest BCUT2D eigenvalue weighted by Gasteiger charge is -2.33. The molecule has 282 valence electrons. The number of nitrogens with zero attached hydrogens (tertiary/aromatic N) is 4. The van der Waals surface area contributed by atoms with E-state index >= 15 is 0 Å². The Morgan fingerprint density at radius 3 is 2.12 bits per heavy atom. The van der Waals surface area contributed by atoms with Crippen molar-refractivity contribution in [1.82, 2.24) is 9.55 Å². The van der Waals surface area contributed by atoms with Crippen molar-refractivity contribution in [1.29, 1.82) is 0 Å². The summed E-state index contributed by atoms with van der Waals surface area (Å²) in [5.74, 6) is 2.45. The summed E-state index contributed by atoms with van der Waals surface area (Å²) >= 11 is 1.84. The summed E-state index contributed by atoms with van der Waals surface area (Å²) in [4.78, 5) is 9.77. The van der Waals surface area contributed by atoms with Crippen LogP contribution in [-0.4, -0.2) is 16.2 Å². The van der Waals surface area contributed by atoms with Crippen LogP contribution in [0.5, 0.6) is 11.5 Å². The number of thiophene rings is 1. The largest absolute Gasteiger partial charge is 0.457 e. The van der Waals surface area contributed by atoms with E-state index in [4.69, 9.17) is 9.72 Å². The van der Waals surface area contributed by atoms with Gasteiger partial charge in [0.1, 0.15) is 24.0 Å². The molecule has 10 rings (SSSR count). The van der Waals surface area contributed by atoms with E-state index in [2.05, 4.69) is 190 Å². The fraction of sp³-hybridized carbons (Fsp3) is 0.196. The maximum atomic E-state index is 6.77. The van der Waals surface area contributed by atoms with Gasteiger partial charge in [-0.25, -0.2) is 4.98 Å². The number of pyridine rings is 1. The van der Waals surface area contributed by atoms with Gasteiger partial charge in [0.25, 0.3) is 0 Å². The van der Waals surface area contributed by atoms with Crippen molar-refractivity contribution in [3.05, 3.63) is 156 Å². The number of benzene rings is 6. The fourth-order valence-electron chi connectivity index (χ4n) is 8.70. The molecule has 0 amide bonds. The van der Waals surface area contributed by atoms with Gasteiger partial charge >= 0.3 is 0 Å². The molecule has 0 atom stereocenters. The normalized spacial score (nSPS) is 13.4. The van der Waals surface area contributed by atoms with E-state index in [-0.39, 0.29) is 10.8 Å². The number of rotatable bonds is 5. The third-order valence-electron chi connectivity index (χ3n) is 11.5. The van der Waals surface area contributed by atoms with Gasteiger partial charge in [-0.15, -0.1) is 11.3 Å². The third-order valence-corrected chi connectivity index (χ3v) is 12.6. The number of hydrogen-bond acceptors (Lipinski definition) is 5. The summed E-state index contributed by atoms with van der Waals surface area (Å²) in [6.45, 7) is 16.9. The summed E-state index contributed by atoms with van der Waals surface area (Å²) in [7, 11) is 0. The second-order valence-corrected chi connectivity index (χ2v) is 18.5. The highest BCUT2D eigenvalue weighted by molar-refractivity contribution is 7.26. The first kappa shape index (κ1) is 35.3. The summed E-state index contributed by atoms with van der Waals surface area (Å²) in [6.07, 6.45) is 1.87. The Labute approximate surface area is 338 Å². The number of aromatic nitrogens is 2. The van der Waals surface area contributed by atoms with E-state index in [0.29, 0.717) is 6.67 Å². The minimum atomic E-state index is -0.0373. The molecule has 6 aromatic carbocycles. The van der Waals surface area contributed by atoms with Crippen LogP contribution in [0.2, 0.25) is 0 Å². The lowest BCUT2D eigenvalue weighted by molar-refractivity contribution is 0.483. The van der Waals surface area contributed by atoms with Gasteiger partial charge in [-0.3, -0.25) is 4.57 Å². The molecule has 1 aliphatic rings. The molecule has 0 N–H and O–H groups in total. The molecule has 57 heavy (non-hydrogen) atoms. The van der Waals surface area contributed by atoms with Gasteiger partial charge in [0.2, 0.25) is 0 Å². The average Bonchev–Trinajstić information content (AvgIpc) is 3.87. The number of aryl methyl sites for hydroxylation is 1. The maximum Gasteiger partial charge on any atom is 0.137 e. The minimum absolute atomic E-state index is 0.0373. The second-order valence-electron chi connectivity index (χ2n) is 17.4. The average molecular weight is 763 g/mol. The van der Waals surface area contributed by atoms with Crippen molar-refractivity contribution in [3.8, 4) is 17.3 Å². The summed E-state index contributed by atoms with van der Waals surface area (Å²) in [5, 5.41) is 4.91. The SMILES string of the molecule is Cc1cc(C(C)(C)C)cc(C(C)(C)C)c1N1CN(c2cccc(Oc3ccc4c5ccc6sc7ccccc7c6c5n(-c5ccccn5)c4c3)c2)c2ccccc21. The monoisotopic (exact) mass is 762 g/mol. The van der Waals surface area contributed by atoms with E-state index in [9.17, 15) is 0 Å². The lowest BCUT2D eigenvalue weighted by atomic mass is 9.78. The minimum Gasteiger partial charge on any atom is -0.457 e. The molecule has 3 aromatic heterocycles. The standard InChI is InChI=1S/C51H46N4OS/c1-32-27-33(50(2,3)4)28-40(51(5,6)7)48(32)54-31-53(41-18-9-10-19-42(41)54)34-15-14-16-35(29-34)56-36-22-23-37-38-24-25-45-47(39-17-8-11-20-44(39)57-45)49(38)55(43(37)30-36)46-21-12-13-26-52-46/h8-30H,31H2,1-7H3. The van der Waals surface area contributed by atoms with Gasteiger partial charge in [-0.1, -0.05) is 102 Å². The summed E-state index contributed by atoms with van der Waals surface area (Å²) < 4.78 is 11.6. The molecule has 0 fully saturated rings. The van der Waals surface area contributed by atoms with Crippen molar-refractivity contribution in [2.45, 2.75) is 59.3 Å². The molecule has 0 radical (unpaired) electrons. The zero-order valence-electron chi connectivity index (χ0n) is 33.6. The zero-order chi connectivity index (χ0) is 39.2. The molecule has 0 saturated carbocycles. The molecule has 0 saturated heterocycles. The van der Waals surface area contributed by atoms with Crippen LogP contribution in [0.25, 0.3) is 47.8 Å². The Hall–Kier alpha value is -6.11. The molecule has 1 aliphatic heterocycles. The van der Waals surface area contributed by atoms with Gasteiger partial charge in [-0.2, -0.15) is 0 Å². The van der Waals surface area contributed by atoms with E-state index in [1.54, 1.807) is 0 Å². The Morgan fingerprint density at radius 1 is 0.614 bits per heavy atom. The number of anilines is 4. The third kappa shape index (κ3) is 5.85. The second kappa shape index (κ2) is 13.0. The summed E-state index contributed by atoms with van der Waals surface area (Å²) in [5.41, 5.74) is 11.1. The number of hydrogen-bond donors (Lipinski definition) is 0. The highest BCUT2D eigenvalue weighted by atomic mass is 32.1. The first-order valence-corrected chi connectivity index (χ1v) is 20.6. The van der Waals surface area contributed by atoms with E-state index in [1.165, 1.54) is 70.2 Å². The molecule has 0 spiro atoms. The Balaban J connectivity index is 1.05. The molecule has 5 nitrogen and oxygen atoms in total. The van der Waals surface area contributed by atoms with Gasteiger partial charge in [0.05, 0.1) is 22.4 Å². The molecule has 0 unspecified atom stereocenters. The topological polar surface area (TPSA) is 33.5 Å². The van der Waals surface area contributed by atoms with Crippen molar-refractivity contribution in [3.63, 3.8) is 0 Å². The zero-order valence-corrected chi connectivity index (χ0v) is 34.4. The lowest BCUT2D eigenvalue weighted by Crippen LogP contribution is -2.28. The van der Waals surface area contributed by atoms with E-state index < -0.39 is 0 Å². The van der Waals surface area contributed by atoms with Crippen LogP contribution in [0.3, 0.4) is 0 Å². The van der Waals surface area contributed by atoms with Crippen LogP contribution in [0.1, 0.15) is 58.2 Å². The van der Waals surface area contributed by atoms with Crippen LogP contribution in [-0.2, 0) is 10.8 Å². The highest BCUT2D eigenvalue weighted by Gasteiger charge is 2.33. The molecule has 9 aromatic rings. The van der Waals surface area contributed by atoms with E-state index in [0.717, 1.165) is 28.5 Å². The predicted octanol–water partition coefficient (Wildman–Crippen LogP) is 14.5. The van der Waals surface area contributed by atoms with E-state index in [1.807, 2.05) is 23.6 Å². The number of para-hydroxylation sites is 2. The summed E-state index contributed by atoms with van der Waals surface area (Å²) in [6, 6.07) is 47.9. The van der Waals surface area contributed by atoms with Gasteiger partial charge < -0.3 is 14.5 Å². The van der Waals surface area contributed by atoms with Crippen LogP contribution < -0.4 is 14.5 Å². The van der Waals surface area contributed by atoms with Gasteiger partial charge in [-0.05, 0) is 95.1 Å². The van der Waals surface area contributed by atoms with Crippen LogP contribution in [0.15, 0.2) is 140 Å². The van der Waals surface area contributed by atoms with Gasteiger partial charge in [0, 0.05) is 60.6 Å². The first-order valence-electron chi connectivity index (χ1n) is 19.8. The maximum absolute atomic E-state index is 6.77. The van der Waals surface area contributed by atoms with Crippen LogP contribution in [0.4, 0.5) is 22.7 Å². The molecular formula is C51H46N4OS. The van der Waals surface area contributed by atoms with Crippen LogP contribution in [0, 0.1) is 6.92 Å². The van der Waals surface area contributed by atoms with Crippen molar-refractivity contribution in [2.75, 3.05) is 16.5 Å². The molecular weight excluding hydrogens is 717 g/mol. The quantitative estimate of drug-likeness (QED) is 0.175. The molecule has 6 heteroatoms. The Bertz CT molecular complexity index is 3020. The fourth-order valence-corrected chi connectivity index (χ4v) is 9.81. The van der Waals surface area contributed by atoms with Crippen molar-refractivity contribution >= 4 is 76.1 Å². The van der Waals surface area contributed by atoms with Crippen molar-refractivity contribution in [2.24, 2.45) is 0 Å². The Kier molecular flexibility index (Phi) is 8.03. The van der Waals surface area contributed by atoms with Crippen LogP contribution >= 0.6 is 11.3 Å². The molecule has 4 heterocycles. The van der Waals surface area contributed by atoms with Crippen molar-refractivity contribution < 1.29 is 4.74 Å². The molecule has 0 aliphatic carbocycles.